The average Bonchev–Trinajstić information content (AvgIpc) is 2.03. The molecule has 0 aliphatic heterocycles. The average molecular weight is 219 g/mol. The summed E-state index contributed by atoms with van der Waals surface area (Å²) in [4.78, 5) is 2.33. The largest absolute Gasteiger partial charge is 0.867 e. The third kappa shape index (κ3) is 2.08. The molecule has 0 N–H and O–H groups in total. The zero-order chi connectivity index (χ0) is 10.1. The van der Waals surface area contributed by atoms with Gasteiger partial charge in [0.1, 0.15) is 0 Å². The van der Waals surface area contributed by atoms with Crippen LogP contribution in [-0.4, -0.2) is 8.42 Å². The molecule has 0 aliphatic carbocycles. The van der Waals surface area contributed by atoms with Crippen molar-refractivity contribution in [2.45, 2.75) is 4.90 Å². The summed E-state index contributed by atoms with van der Waals surface area (Å²) in [5.41, 5.74) is -0.360. The lowest BCUT2D eigenvalue weighted by Gasteiger charge is -2.00. The van der Waals surface area contributed by atoms with E-state index in [1.165, 1.54) is 0 Å². The number of rotatable bonds is 1. The lowest BCUT2D eigenvalue weighted by Crippen LogP contribution is -1.93. The van der Waals surface area contributed by atoms with Gasteiger partial charge in [-0.2, -0.15) is 0 Å². The molecule has 0 heterocycles. The molecule has 0 bridgehead atoms. The zero-order valence-electron chi connectivity index (χ0n) is 6.14. The summed E-state index contributed by atoms with van der Waals surface area (Å²) in [5, 5.41) is 19.1. The van der Waals surface area contributed by atoms with Gasteiger partial charge in [0.15, 0.2) is 4.98 Å². The molecule has 0 aliphatic rings. The van der Waals surface area contributed by atoms with Crippen molar-refractivity contribution in [3.05, 3.63) is 23.2 Å². The molecular formula is C6H3ClN2O3S. The van der Waals surface area contributed by atoms with Crippen LogP contribution in [0.1, 0.15) is 0 Å². The Morgan fingerprint density at radius 1 is 1.46 bits per heavy atom. The Morgan fingerprint density at radius 3 is 2.54 bits per heavy atom. The molecule has 0 saturated heterocycles. The van der Waals surface area contributed by atoms with Gasteiger partial charge in [-0.05, 0) is 11.8 Å². The van der Waals surface area contributed by atoms with Gasteiger partial charge in [-0.1, -0.05) is 6.07 Å². The van der Waals surface area contributed by atoms with Crippen LogP contribution in [0.3, 0.4) is 0 Å². The first-order valence-corrected chi connectivity index (χ1v) is 5.37. The molecule has 13 heavy (non-hydrogen) atoms. The summed E-state index contributed by atoms with van der Waals surface area (Å²) in [6.07, 6.45) is 0. The molecule has 1 aromatic carbocycles. The first kappa shape index (κ1) is 9.77. The van der Waals surface area contributed by atoms with Crippen LogP contribution in [0.15, 0.2) is 23.1 Å². The van der Waals surface area contributed by atoms with Crippen molar-refractivity contribution in [3.63, 3.8) is 0 Å². The minimum absolute atomic E-state index is 0.276. The van der Waals surface area contributed by atoms with E-state index < -0.39 is 14.8 Å². The minimum Gasteiger partial charge on any atom is -0.867 e. The number of benzene rings is 1. The van der Waals surface area contributed by atoms with Crippen LogP contribution in [0.2, 0.25) is 0 Å². The van der Waals surface area contributed by atoms with Crippen molar-refractivity contribution in [2.75, 3.05) is 0 Å². The third-order valence-electron chi connectivity index (χ3n) is 1.32. The fourth-order valence-electron chi connectivity index (χ4n) is 0.727. The fourth-order valence-corrected chi connectivity index (χ4v) is 1.50. The molecular weight excluding hydrogens is 216 g/mol. The molecule has 0 amide bonds. The van der Waals surface area contributed by atoms with Crippen molar-refractivity contribution in [1.82, 2.24) is 0 Å². The lowest BCUT2D eigenvalue weighted by molar-refractivity contribution is -0.266. The summed E-state index contributed by atoms with van der Waals surface area (Å²) in [6, 6.07) is 2.90. The number of hydrogen-bond acceptors (Lipinski definition) is 4. The number of nitrogens with zero attached hydrogens (tertiary/aromatic N) is 2. The third-order valence-corrected chi connectivity index (χ3v) is 2.67. The maximum Gasteiger partial charge on any atom is 0.378 e. The quantitative estimate of drug-likeness (QED) is 0.523. The summed E-state index contributed by atoms with van der Waals surface area (Å²) < 4.78 is 21.5. The Bertz CT molecular complexity index is 477. The van der Waals surface area contributed by atoms with Crippen LogP contribution in [0, 0.1) is 5.39 Å². The Labute approximate surface area is 78.6 Å². The van der Waals surface area contributed by atoms with E-state index in [9.17, 15) is 13.5 Å². The molecule has 0 fully saturated rings. The fraction of sp³-hybridized carbons (Fsp3) is 0. The van der Waals surface area contributed by atoms with Crippen molar-refractivity contribution in [2.24, 2.45) is 0 Å². The van der Waals surface area contributed by atoms with E-state index in [1.807, 2.05) is 0 Å². The lowest BCUT2D eigenvalue weighted by atomic mass is 10.3. The van der Waals surface area contributed by atoms with Crippen molar-refractivity contribution < 1.29 is 13.5 Å². The molecule has 0 spiro atoms. The van der Waals surface area contributed by atoms with E-state index in [2.05, 4.69) is 4.98 Å². The van der Waals surface area contributed by atoms with Crippen LogP contribution in [-0.2, 0) is 9.05 Å². The van der Waals surface area contributed by atoms with Crippen molar-refractivity contribution in [1.29, 1.82) is 5.39 Å². The standard InChI is InChI=1S/C6H3ClN2O3S/c7-13(11,12)4-1-2-6(10)5(3-4)9-8/h1-3H. The van der Waals surface area contributed by atoms with Gasteiger partial charge in [0.25, 0.3) is 9.05 Å². The van der Waals surface area contributed by atoms with E-state index in [4.69, 9.17) is 16.1 Å². The van der Waals surface area contributed by atoms with Gasteiger partial charge in [-0.15, -0.1) is 0 Å². The van der Waals surface area contributed by atoms with E-state index in [0.29, 0.717) is 0 Å². The van der Waals surface area contributed by atoms with E-state index in [1.54, 1.807) is 0 Å². The Balaban J connectivity index is 3.41. The molecule has 0 aromatic heterocycles. The topological polar surface area (TPSA) is 85.3 Å². The highest BCUT2D eigenvalue weighted by Crippen LogP contribution is 2.27. The maximum atomic E-state index is 10.8. The van der Waals surface area contributed by atoms with Crippen LogP contribution >= 0.6 is 10.7 Å². The van der Waals surface area contributed by atoms with E-state index >= 15 is 0 Å². The Kier molecular flexibility index (Phi) is 2.40. The highest BCUT2D eigenvalue weighted by atomic mass is 35.7. The summed E-state index contributed by atoms with van der Waals surface area (Å²) in [7, 11) is 1.10. The highest BCUT2D eigenvalue weighted by Gasteiger charge is 2.15. The monoisotopic (exact) mass is 218 g/mol. The van der Waals surface area contributed by atoms with Gasteiger partial charge in [0, 0.05) is 10.7 Å². The van der Waals surface area contributed by atoms with Crippen LogP contribution in [0.25, 0.3) is 4.98 Å². The van der Waals surface area contributed by atoms with Crippen molar-refractivity contribution >= 4 is 25.4 Å². The molecule has 7 heteroatoms. The minimum atomic E-state index is -3.89. The second-order valence-electron chi connectivity index (χ2n) is 2.17. The predicted octanol–water partition coefficient (Wildman–Crippen LogP) is 1.17. The second kappa shape index (κ2) is 3.20. The molecule has 0 unspecified atom stereocenters. The van der Waals surface area contributed by atoms with Gasteiger partial charge in [0.05, 0.1) is 11.0 Å². The van der Waals surface area contributed by atoms with Crippen LogP contribution in [0.5, 0.6) is 5.75 Å². The maximum absolute atomic E-state index is 10.8. The SMILES string of the molecule is N#[N+]c1cc(S(=O)(=O)Cl)ccc1[O-]. The van der Waals surface area contributed by atoms with Gasteiger partial charge in [-0.25, -0.2) is 8.42 Å². The van der Waals surface area contributed by atoms with E-state index in [0.717, 1.165) is 18.2 Å². The molecule has 1 rings (SSSR count). The van der Waals surface area contributed by atoms with Crippen molar-refractivity contribution in [3.8, 4) is 5.75 Å². The molecule has 1 aromatic rings. The molecule has 0 atom stereocenters. The number of halogens is 1. The number of diazo groups is 1. The number of hydrogen-bond donors (Lipinski definition) is 0. The van der Waals surface area contributed by atoms with E-state index in [-0.39, 0.29) is 10.6 Å². The first-order chi connectivity index (χ1) is 5.95. The summed E-state index contributed by atoms with van der Waals surface area (Å²) in [6.45, 7) is 0. The summed E-state index contributed by atoms with van der Waals surface area (Å²) >= 11 is 0. The molecule has 0 saturated carbocycles. The highest BCUT2D eigenvalue weighted by molar-refractivity contribution is 8.13. The molecule has 0 radical (unpaired) electrons. The predicted molar refractivity (Wildman–Crippen MR) is 43.7 cm³/mol. The second-order valence-corrected chi connectivity index (χ2v) is 4.73. The van der Waals surface area contributed by atoms with Crippen LogP contribution in [0.4, 0.5) is 5.69 Å². The molecule has 68 valence electrons. The normalized spacial score (nSPS) is 10.8. The Hall–Kier alpha value is -1.32. The van der Waals surface area contributed by atoms with Gasteiger partial charge in [0.2, 0.25) is 5.39 Å². The molecule has 5 nitrogen and oxygen atoms in total. The summed E-state index contributed by atoms with van der Waals surface area (Å²) in [5.74, 6) is -0.577. The first-order valence-electron chi connectivity index (χ1n) is 3.06. The Morgan fingerprint density at radius 2 is 2.08 bits per heavy atom. The zero-order valence-corrected chi connectivity index (χ0v) is 7.71. The van der Waals surface area contributed by atoms with Gasteiger partial charge < -0.3 is 5.11 Å². The van der Waals surface area contributed by atoms with Gasteiger partial charge in [-0.3, -0.25) is 0 Å². The van der Waals surface area contributed by atoms with Gasteiger partial charge >= 0.3 is 5.69 Å². The smallest absolute Gasteiger partial charge is 0.378 e. The van der Waals surface area contributed by atoms with Crippen LogP contribution < -0.4 is 5.11 Å².